The van der Waals surface area contributed by atoms with Gasteiger partial charge in [0.05, 0.1) is 5.75 Å². The van der Waals surface area contributed by atoms with Gasteiger partial charge in [-0.1, -0.05) is 42.5 Å². The number of hydrogen-bond acceptors (Lipinski definition) is 4. The molecular weight excluding hydrogens is 317 g/mol. The first-order valence-corrected chi connectivity index (χ1v) is 7.97. The summed E-state index contributed by atoms with van der Waals surface area (Å²) in [6, 6.07) is 15.6. The molecule has 0 aliphatic rings. The van der Waals surface area contributed by atoms with E-state index in [4.69, 9.17) is 4.74 Å². The predicted octanol–water partition coefficient (Wildman–Crippen LogP) is 2.78. The van der Waals surface area contributed by atoms with E-state index in [0.29, 0.717) is 11.4 Å². The second-order valence-electron chi connectivity index (χ2n) is 4.64. The minimum absolute atomic E-state index is 0.0487. The fourth-order valence-corrected chi connectivity index (χ4v) is 2.47. The number of benzene rings is 2. The van der Waals surface area contributed by atoms with Gasteiger partial charge in [0.1, 0.15) is 5.82 Å². The number of halogens is 1. The van der Waals surface area contributed by atoms with E-state index in [1.807, 2.05) is 30.3 Å². The molecule has 1 N–H and O–H groups in total. The number of carbonyl (C=O) groups excluding carboxylic acids is 2. The van der Waals surface area contributed by atoms with Crippen molar-refractivity contribution in [1.29, 1.82) is 0 Å². The molecule has 2 rings (SSSR count). The van der Waals surface area contributed by atoms with Crippen molar-refractivity contribution in [2.45, 2.75) is 11.4 Å². The monoisotopic (exact) mass is 333 g/mol. The zero-order valence-electron chi connectivity index (χ0n) is 12.3. The van der Waals surface area contributed by atoms with E-state index in [2.05, 4.69) is 5.32 Å². The standard InChI is InChI=1S/C17H16FNO3S/c18-14-8-4-5-9-15(14)23-12-17(21)22-11-16(20)19-10-13-6-2-1-3-7-13/h1-9H,10-12H2,(H,19,20). The van der Waals surface area contributed by atoms with Crippen molar-refractivity contribution < 1.29 is 18.7 Å². The summed E-state index contributed by atoms with van der Waals surface area (Å²) in [5, 5.41) is 2.65. The molecule has 0 aromatic heterocycles. The van der Waals surface area contributed by atoms with Crippen LogP contribution in [-0.4, -0.2) is 24.2 Å². The molecule has 6 heteroatoms. The van der Waals surface area contributed by atoms with E-state index in [9.17, 15) is 14.0 Å². The molecule has 0 heterocycles. The van der Waals surface area contributed by atoms with Gasteiger partial charge in [-0.2, -0.15) is 0 Å². The Bertz CT molecular complexity index is 664. The summed E-state index contributed by atoms with van der Waals surface area (Å²) in [6.45, 7) is 0.0324. The summed E-state index contributed by atoms with van der Waals surface area (Å²) in [5.41, 5.74) is 0.960. The molecule has 1 amide bonds. The molecule has 2 aromatic carbocycles. The highest BCUT2D eigenvalue weighted by molar-refractivity contribution is 8.00. The number of hydrogen-bond donors (Lipinski definition) is 1. The maximum absolute atomic E-state index is 13.4. The highest BCUT2D eigenvalue weighted by Crippen LogP contribution is 2.20. The van der Waals surface area contributed by atoms with Crippen molar-refractivity contribution in [3.05, 3.63) is 66.0 Å². The number of ether oxygens (including phenoxy) is 1. The Balaban J connectivity index is 1.66. The van der Waals surface area contributed by atoms with Crippen LogP contribution in [0.25, 0.3) is 0 Å². The Morgan fingerprint density at radius 2 is 1.74 bits per heavy atom. The first-order valence-electron chi connectivity index (χ1n) is 6.99. The van der Waals surface area contributed by atoms with Gasteiger partial charge in [-0.05, 0) is 17.7 Å². The summed E-state index contributed by atoms with van der Waals surface area (Å²) in [7, 11) is 0. The van der Waals surface area contributed by atoms with Crippen LogP contribution in [0.5, 0.6) is 0 Å². The average Bonchev–Trinajstić information content (AvgIpc) is 2.58. The van der Waals surface area contributed by atoms with Crippen molar-refractivity contribution in [3.63, 3.8) is 0 Å². The molecule has 4 nitrogen and oxygen atoms in total. The van der Waals surface area contributed by atoms with Gasteiger partial charge in [0.25, 0.3) is 5.91 Å². The number of nitrogens with one attached hydrogen (secondary N) is 1. The SMILES string of the molecule is O=C(COC(=O)CSc1ccccc1F)NCc1ccccc1. The van der Waals surface area contributed by atoms with Crippen LogP contribution in [0.1, 0.15) is 5.56 Å². The second-order valence-corrected chi connectivity index (χ2v) is 5.66. The molecule has 0 saturated carbocycles. The first-order chi connectivity index (χ1) is 11.1. The van der Waals surface area contributed by atoms with Crippen molar-refractivity contribution in [2.75, 3.05) is 12.4 Å². The van der Waals surface area contributed by atoms with Crippen molar-refractivity contribution in [2.24, 2.45) is 0 Å². The molecule has 0 spiro atoms. The molecule has 0 radical (unpaired) electrons. The summed E-state index contributed by atoms with van der Waals surface area (Å²) >= 11 is 1.04. The number of amides is 1. The lowest BCUT2D eigenvalue weighted by Gasteiger charge is -2.07. The smallest absolute Gasteiger partial charge is 0.316 e. The third-order valence-corrected chi connectivity index (χ3v) is 3.90. The Hall–Kier alpha value is -2.34. The van der Waals surface area contributed by atoms with Crippen LogP contribution in [0.15, 0.2) is 59.5 Å². The highest BCUT2D eigenvalue weighted by atomic mass is 32.2. The summed E-state index contributed by atoms with van der Waals surface area (Å²) in [6.07, 6.45) is 0. The van der Waals surface area contributed by atoms with E-state index in [-0.39, 0.29) is 24.1 Å². The third-order valence-electron chi connectivity index (χ3n) is 2.88. The Morgan fingerprint density at radius 1 is 1.04 bits per heavy atom. The molecule has 23 heavy (non-hydrogen) atoms. The summed E-state index contributed by atoms with van der Waals surface area (Å²) in [5.74, 6) is -1.37. The van der Waals surface area contributed by atoms with Gasteiger partial charge >= 0.3 is 5.97 Å². The molecule has 0 atom stereocenters. The normalized spacial score (nSPS) is 10.1. The van der Waals surface area contributed by atoms with Crippen LogP contribution in [-0.2, 0) is 20.9 Å². The average molecular weight is 333 g/mol. The Kier molecular flexibility index (Phi) is 6.62. The van der Waals surface area contributed by atoms with Crippen LogP contribution in [0, 0.1) is 5.82 Å². The van der Waals surface area contributed by atoms with Gasteiger partial charge in [0.15, 0.2) is 6.61 Å². The van der Waals surface area contributed by atoms with Crippen LogP contribution < -0.4 is 5.32 Å². The number of esters is 1. The lowest BCUT2D eigenvalue weighted by atomic mass is 10.2. The molecule has 0 aliphatic heterocycles. The van der Waals surface area contributed by atoms with E-state index in [0.717, 1.165) is 17.3 Å². The fourth-order valence-electron chi connectivity index (χ4n) is 1.73. The quantitative estimate of drug-likeness (QED) is 0.625. The number of thioether (sulfide) groups is 1. The van der Waals surface area contributed by atoms with E-state index < -0.39 is 5.97 Å². The van der Waals surface area contributed by atoms with Crippen molar-refractivity contribution >= 4 is 23.6 Å². The lowest BCUT2D eigenvalue weighted by Crippen LogP contribution is -2.28. The van der Waals surface area contributed by atoms with Crippen molar-refractivity contribution in [3.8, 4) is 0 Å². The number of rotatable bonds is 7. The number of carbonyl (C=O) groups is 2. The fraction of sp³-hybridized carbons (Fsp3) is 0.176. The van der Waals surface area contributed by atoms with Gasteiger partial charge in [-0.15, -0.1) is 11.8 Å². The highest BCUT2D eigenvalue weighted by Gasteiger charge is 2.09. The van der Waals surface area contributed by atoms with Crippen LogP contribution >= 0.6 is 11.8 Å². The van der Waals surface area contributed by atoms with Gasteiger partial charge in [-0.3, -0.25) is 9.59 Å². The topological polar surface area (TPSA) is 55.4 Å². The molecule has 120 valence electrons. The minimum Gasteiger partial charge on any atom is -0.455 e. The predicted molar refractivity (Wildman–Crippen MR) is 86.4 cm³/mol. The van der Waals surface area contributed by atoms with Crippen LogP contribution in [0.3, 0.4) is 0 Å². The maximum atomic E-state index is 13.4. The molecule has 2 aromatic rings. The van der Waals surface area contributed by atoms with Gasteiger partial charge in [0.2, 0.25) is 0 Å². The maximum Gasteiger partial charge on any atom is 0.316 e. The van der Waals surface area contributed by atoms with Crippen molar-refractivity contribution in [1.82, 2.24) is 5.32 Å². The molecular formula is C17H16FNO3S. The van der Waals surface area contributed by atoms with Crippen LogP contribution in [0.4, 0.5) is 4.39 Å². The Labute approximate surface area is 138 Å². The summed E-state index contributed by atoms with van der Waals surface area (Å²) < 4.78 is 18.2. The third kappa shape index (κ3) is 6.12. The molecule has 0 saturated heterocycles. The molecule has 0 bridgehead atoms. The van der Waals surface area contributed by atoms with E-state index in [1.165, 1.54) is 6.07 Å². The minimum atomic E-state index is -0.562. The van der Waals surface area contributed by atoms with Gasteiger partial charge < -0.3 is 10.1 Å². The van der Waals surface area contributed by atoms with Gasteiger partial charge in [-0.25, -0.2) is 4.39 Å². The van der Waals surface area contributed by atoms with Gasteiger partial charge in [0, 0.05) is 11.4 Å². The molecule has 0 unspecified atom stereocenters. The van der Waals surface area contributed by atoms with E-state index in [1.54, 1.807) is 18.2 Å². The van der Waals surface area contributed by atoms with E-state index >= 15 is 0 Å². The Morgan fingerprint density at radius 3 is 2.48 bits per heavy atom. The second kappa shape index (κ2) is 8.95. The molecule has 0 fully saturated rings. The summed E-state index contributed by atoms with van der Waals surface area (Å²) in [4.78, 5) is 23.5. The van der Waals surface area contributed by atoms with Crippen LogP contribution in [0.2, 0.25) is 0 Å². The zero-order valence-corrected chi connectivity index (χ0v) is 13.1. The zero-order chi connectivity index (χ0) is 16.5. The lowest BCUT2D eigenvalue weighted by molar-refractivity contribution is -0.145. The first kappa shape index (κ1) is 17.0. The molecule has 0 aliphatic carbocycles. The largest absolute Gasteiger partial charge is 0.455 e.